The minimum absolute atomic E-state index is 0.364. The average molecular weight is 297 g/mol. The number of hydrogen-bond acceptors (Lipinski definition) is 2. The lowest BCUT2D eigenvalue weighted by molar-refractivity contribution is 0.161. The van der Waals surface area contributed by atoms with Gasteiger partial charge in [0.1, 0.15) is 0 Å². The Bertz CT molecular complexity index is 257. The van der Waals surface area contributed by atoms with Crippen LogP contribution in [0.1, 0.15) is 86.0 Å². The van der Waals surface area contributed by atoms with Crippen LogP contribution in [0.3, 0.4) is 0 Å². The molecule has 2 heteroatoms. The molecule has 1 saturated heterocycles. The van der Waals surface area contributed by atoms with Gasteiger partial charge in [-0.25, -0.2) is 0 Å². The number of unbranched alkanes of at least 4 members (excludes halogenated alkanes) is 6. The van der Waals surface area contributed by atoms with E-state index in [-0.39, 0.29) is 0 Å². The van der Waals surface area contributed by atoms with Crippen LogP contribution in [0.25, 0.3) is 0 Å². The molecule has 0 spiro atoms. The van der Waals surface area contributed by atoms with Gasteiger partial charge in [-0.05, 0) is 38.3 Å². The van der Waals surface area contributed by atoms with Crippen LogP contribution in [0.5, 0.6) is 0 Å². The summed E-state index contributed by atoms with van der Waals surface area (Å²) in [4.78, 5) is 2.74. The normalized spacial score (nSPS) is 25.0. The highest BCUT2D eigenvalue weighted by molar-refractivity contribution is 4.88. The van der Waals surface area contributed by atoms with Gasteiger partial charge in [0.2, 0.25) is 0 Å². The molecule has 2 nitrogen and oxygen atoms in total. The molecule has 0 bridgehead atoms. The van der Waals surface area contributed by atoms with Gasteiger partial charge in [0, 0.05) is 18.6 Å². The fourth-order valence-electron chi connectivity index (χ4n) is 3.29. The van der Waals surface area contributed by atoms with E-state index >= 15 is 0 Å². The molecule has 1 heterocycles. The van der Waals surface area contributed by atoms with Crippen molar-refractivity contribution in [1.82, 2.24) is 10.2 Å². The average Bonchev–Trinajstić information content (AvgIpc) is 2.60. The van der Waals surface area contributed by atoms with Gasteiger partial charge in [0.25, 0.3) is 0 Å². The Morgan fingerprint density at radius 3 is 2.24 bits per heavy atom. The molecule has 2 atom stereocenters. The maximum absolute atomic E-state index is 3.77. The van der Waals surface area contributed by atoms with Crippen LogP contribution in [-0.2, 0) is 0 Å². The first-order valence-corrected chi connectivity index (χ1v) is 9.42. The summed E-state index contributed by atoms with van der Waals surface area (Å²) >= 11 is 0. The Morgan fingerprint density at radius 1 is 1.00 bits per heavy atom. The van der Waals surface area contributed by atoms with Crippen molar-refractivity contribution in [2.75, 3.05) is 19.6 Å². The van der Waals surface area contributed by atoms with Crippen molar-refractivity contribution in [3.63, 3.8) is 0 Å². The molecule has 21 heavy (non-hydrogen) atoms. The lowest BCUT2D eigenvalue weighted by atomic mass is 9.86. The molecule has 2 unspecified atom stereocenters. The van der Waals surface area contributed by atoms with E-state index < -0.39 is 0 Å². The molecule has 1 rings (SSSR count). The molecule has 0 aromatic rings. The maximum atomic E-state index is 3.77. The minimum Gasteiger partial charge on any atom is -0.312 e. The molecule has 0 aromatic carbocycles. The molecule has 1 aliphatic rings. The highest BCUT2D eigenvalue weighted by Gasteiger charge is 2.30. The first kappa shape index (κ1) is 19.0. The Labute approximate surface area is 134 Å². The molecule has 0 aliphatic carbocycles. The van der Waals surface area contributed by atoms with Gasteiger partial charge < -0.3 is 5.32 Å². The standard InChI is InChI=1S/C19H40N2/c1-6-7-8-9-10-11-12-15-21-16-18(19(3,4)5)20-14-13-17(21)2/h17-18,20H,6-16H2,1-5H3. The summed E-state index contributed by atoms with van der Waals surface area (Å²) in [6.07, 6.45) is 11.2. The first-order chi connectivity index (χ1) is 9.95. The Balaban J connectivity index is 2.27. The van der Waals surface area contributed by atoms with Crippen molar-refractivity contribution in [3.8, 4) is 0 Å². The van der Waals surface area contributed by atoms with Gasteiger partial charge in [-0.3, -0.25) is 4.90 Å². The van der Waals surface area contributed by atoms with E-state index in [0.29, 0.717) is 11.5 Å². The van der Waals surface area contributed by atoms with E-state index in [2.05, 4.69) is 44.8 Å². The van der Waals surface area contributed by atoms with Gasteiger partial charge >= 0.3 is 0 Å². The van der Waals surface area contributed by atoms with Crippen LogP contribution in [0.2, 0.25) is 0 Å². The Morgan fingerprint density at radius 2 is 1.62 bits per heavy atom. The van der Waals surface area contributed by atoms with Gasteiger partial charge in [-0.2, -0.15) is 0 Å². The van der Waals surface area contributed by atoms with Crippen LogP contribution in [0.4, 0.5) is 0 Å². The molecular formula is C19H40N2. The summed E-state index contributed by atoms with van der Waals surface area (Å²) in [5, 5.41) is 3.77. The maximum Gasteiger partial charge on any atom is 0.0243 e. The molecule has 0 amide bonds. The SMILES string of the molecule is CCCCCCCCCN1CC(C(C)(C)C)NCCC1C. The van der Waals surface area contributed by atoms with E-state index in [9.17, 15) is 0 Å². The molecule has 0 radical (unpaired) electrons. The molecule has 1 aliphatic heterocycles. The van der Waals surface area contributed by atoms with E-state index in [1.54, 1.807) is 0 Å². The van der Waals surface area contributed by atoms with E-state index in [4.69, 9.17) is 0 Å². The van der Waals surface area contributed by atoms with Crippen molar-refractivity contribution in [2.24, 2.45) is 5.41 Å². The summed E-state index contributed by atoms with van der Waals surface area (Å²) in [5.74, 6) is 0. The number of hydrogen-bond donors (Lipinski definition) is 1. The van der Waals surface area contributed by atoms with Crippen LogP contribution in [0.15, 0.2) is 0 Å². The second-order valence-corrected chi connectivity index (χ2v) is 8.13. The number of nitrogens with zero attached hydrogens (tertiary/aromatic N) is 1. The topological polar surface area (TPSA) is 15.3 Å². The van der Waals surface area contributed by atoms with Gasteiger partial charge in [0.15, 0.2) is 0 Å². The van der Waals surface area contributed by atoms with E-state index in [0.717, 1.165) is 6.04 Å². The van der Waals surface area contributed by atoms with Crippen LogP contribution in [0, 0.1) is 5.41 Å². The van der Waals surface area contributed by atoms with Crippen LogP contribution in [-0.4, -0.2) is 36.6 Å². The third-order valence-corrected chi connectivity index (χ3v) is 5.09. The quantitative estimate of drug-likeness (QED) is 0.645. The fourth-order valence-corrected chi connectivity index (χ4v) is 3.29. The fraction of sp³-hybridized carbons (Fsp3) is 1.00. The number of rotatable bonds is 8. The molecular weight excluding hydrogens is 256 g/mol. The van der Waals surface area contributed by atoms with Gasteiger partial charge in [-0.15, -0.1) is 0 Å². The zero-order chi connectivity index (χ0) is 15.7. The number of nitrogens with one attached hydrogen (secondary N) is 1. The summed E-state index contributed by atoms with van der Waals surface area (Å²) < 4.78 is 0. The minimum atomic E-state index is 0.364. The van der Waals surface area contributed by atoms with E-state index in [1.807, 2.05) is 0 Å². The van der Waals surface area contributed by atoms with Gasteiger partial charge in [-0.1, -0.05) is 66.2 Å². The zero-order valence-corrected chi connectivity index (χ0v) is 15.4. The van der Waals surface area contributed by atoms with Crippen LogP contribution < -0.4 is 5.32 Å². The predicted molar refractivity (Wildman–Crippen MR) is 94.9 cm³/mol. The van der Waals surface area contributed by atoms with Crippen molar-refractivity contribution in [1.29, 1.82) is 0 Å². The largest absolute Gasteiger partial charge is 0.312 e. The van der Waals surface area contributed by atoms with Crippen molar-refractivity contribution in [3.05, 3.63) is 0 Å². The summed E-state index contributed by atoms with van der Waals surface area (Å²) in [5.41, 5.74) is 0.364. The van der Waals surface area contributed by atoms with Crippen LogP contribution >= 0.6 is 0 Å². The summed E-state index contributed by atoms with van der Waals surface area (Å²) in [6, 6.07) is 1.37. The molecule has 0 aromatic heterocycles. The molecule has 1 fully saturated rings. The Kier molecular flexibility index (Phi) is 8.89. The molecule has 126 valence electrons. The van der Waals surface area contributed by atoms with Crippen molar-refractivity contribution in [2.45, 2.75) is 98.1 Å². The van der Waals surface area contributed by atoms with Crippen molar-refractivity contribution >= 4 is 0 Å². The molecule has 1 N–H and O–H groups in total. The second-order valence-electron chi connectivity index (χ2n) is 8.13. The third-order valence-electron chi connectivity index (χ3n) is 5.09. The van der Waals surface area contributed by atoms with E-state index in [1.165, 1.54) is 71.0 Å². The summed E-state index contributed by atoms with van der Waals surface area (Å²) in [7, 11) is 0. The molecule has 0 saturated carbocycles. The second kappa shape index (κ2) is 9.84. The Hall–Kier alpha value is -0.0800. The lowest BCUT2D eigenvalue weighted by Gasteiger charge is -2.35. The highest BCUT2D eigenvalue weighted by Crippen LogP contribution is 2.23. The predicted octanol–water partition coefficient (Wildman–Crippen LogP) is 4.84. The first-order valence-electron chi connectivity index (χ1n) is 9.42. The zero-order valence-electron chi connectivity index (χ0n) is 15.4. The van der Waals surface area contributed by atoms with Gasteiger partial charge in [0.05, 0.1) is 0 Å². The highest BCUT2D eigenvalue weighted by atomic mass is 15.2. The smallest absolute Gasteiger partial charge is 0.0243 e. The monoisotopic (exact) mass is 296 g/mol. The summed E-state index contributed by atoms with van der Waals surface area (Å²) in [6.45, 7) is 15.5. The third kappa shape index (κ3) is 7.65. The lowest BCUT2D eigenvalue weighted by Crippen LogP contribution is -2.47. The van der Waals surface area contributed by atoms with Crippen molar-refractivity contribution < 1.29 is 0 Å².